The molecule has 1 atom stereocenters. The number of nitrogens with one attached hydrogen (secondary N) is 1. The van der Waals surface area contributed by atoms with Crippen molar-refractivity contribution in [2.45, 2.75) is 5.25 Å². The van der Waals surface area contributed by atoms with Crippen molar-refractivity contribution in [3.8, 4) is 11.3 Å². The zero-order chi connectivity index (χ0) is 35.5. The lowest BCUT2D eigenvalue weighted by atomic mass is 10.0. The fourth-order valence-corrected chi connectivity index (χ4v) is 7.16. The van der Waals surface area contributed by atoms with Crippen LogP contribution in [-0.4, -0.2) is 33.0 Å². The Hall–Kier alpha value is -5.74. The molecule has 0 fully saturated rings. The predicted octanol–water partition coefficient (Wildman–Crippen LogP) is 9.76. The summed E-state index contributed by atoms with van der Waals surface area (Å²) >= 11 is 13.7. The van der Waals surface area contributed by atoms with Gasteiger partial charge >= 0.3 is 5.97 Å². The van der Waals surface area contributed by atoms with Gasteiger partial charge in [0.15, 0.2) is 5.17 Å². The summed E-state index contributed by atoms with van der Waals surface area (Å²) in [6.45, 7) is 0. The predicted molar refractivity (Wildman–Crippen MR) is 205 cm³/mol. The number of carboxylic acid groups (broad SMARTS) is 1. The minimum absolute atomic E-state index is 0.154. The Labute approximate surface area is 307 Å². The summed E-state index contributed by atoms with van der Waals surface area (Å²) in [5.41, 5.74) is 4.46. The van der Waals surface area contributed by atoms with Crippen molar-refractivity contribution in [2.24, 2.45) is 4.99 Å². The van der Waals surface area contributed by atoms with Crippen molar-refractivity contribution in [1.29, 1.82) is 0 Å². The van der Waals surface area contributed by atoms with Gasteiger partial charge in [0.25, 0.3) is 5.91 Å². The number of halogens is 2. The molecule has 0 spiro atoms. The van der Waals surface area contributed by atoms with Gasteiger partial charge in [0.1, 0.15) is 10.9 Å². The molecule has 1 unspecified atom stereocenters. The SMILES string of the molecule is O=C(O)c1cc(-c2ccc(NC(=O)C(SC3=N/C(=C\c4ccc(Cl)cc4Cl)C(=O)N3c3ccccc3)c3ccccc3)cc2)nc2ccccc12. The highest BCUT2D eigenvalue weighted by Gasteiger charge is 2.36. The van der Waals surface area contributed by atoms with E-state index in [1.165, 1.54) is 4.90 Å². The lowest BCUT2D eigenvalue weighted by molar-refractivity contribution is -0.116. The van der Waals surface area contributed by atoms with E-state index in [-0.39, 0.29) is 23.1 Å². The van der Waals surface area contributed by atoms with Crippen molar-refractivity contribution in [2.75, 3.05) is 10.2 Å². The Morgan fingerprint density at radius 2 is 1.51 bits per heavy atom. The number of rotatable bonds is 8. The zero-order valence-corrected chi connectivity index (χ0v) is 28.9. The summed E-state index contributed by atoms with van der Waals surface area (Å²) in [5.74, 6) is -1.75. The Bertz CT molecular complexity index is 2370. The molecule has 1 aliphatic rings. The van der Waals surface area contributed by atoms with Crippen LogP contribution in [0.1, 0.15) is 26.7 Å². The molecule has 1 aromatic heterocycles. The lowest BCUT2D eigenvalue weighted by Gasteiger charge is -2.22. The van der Waals surface area contributed by atoms with Gasteiger partial charge in [0, 0.05) is 26.7 Å². The summed E-state index contributed by atoms with van der Waals surface area (Å²) in [6.07, 6.45) is 1.60. The van der Waals surface area contributed by atoms with Crippen LogP contribution in [0.5, 0.6) is 0 Å². The Morgan fingerprint density at radius 3 is 2.22 bits per heavy atom. The van der Waals surface area contributed by atoms with Gasteiger partial charge in [-0.3, -0.25) is 14.5 Å². The zero-order valence-electron chi connectivity index (χ0n) is 26.5. The fraction of sp³-hybridized carbons (Fsp3) is 0.0250. The molecule has 0 saturated carbocycles. The molecular weight excluding hydrogens is 703 g/mol. The maximum atomic E-state index is 14.1. The number of aromatic nitrogens is 1. The molecule has 2 amide bonds. The van der Waals surface area contributed by atoms with Crippen molar-refractivity contribution < 1.29 is 19.5 Å². The van der Waals surface area contributed by atoms with E-state index >= 15 is 0 Å². The number of aromatic carboxylic acids is 1. The van der Waals surface area contributed by atoms with Crippen molar-refractivity contribution in [1.82, 2.24) is 4.98 Å². The molecule has 6 aromatic rings. The standard InChI is InChI=1S/C40H26Cl2N4O4S/c41-27-18-15-26(32(42)22-27)21-35-38(48)46(29-11-5-2-6-12-29)40(45-35)51-36(25-9-3-1-4-10-25)37(47)43-28-19-16-24(17-20-28)34-23-31(39(49)50)30-13-7-8-14-33(30)44-34/h1-23,36H,(H,43,47)(H,49,50)/b35-21-. The van der Waals surface area contributed by atoms with Gasteiger partial charge in [-0.1, -0.05) is 120 Å². The number of anilines is 2. The van der Waals surface area contributed by atoms with Gasteiger partial charge in [-0.05, 0) is 65.7 Å². The highest BCUT2D eigenvalue weighted by atomic mass is 35.5. The first kappa shape index (κ1) is 33.7. The summed E-state index contributed by atoms with van der Waals surface area (Å²) in [7, 11) is 0. The van der Waals surface area contributed by atoms with E-state index in [0.29, 0.717) is 59.9 Å². The Balaban J connectivity index is 1.20. The van der Waals surface area contributed by atoms with E-state index in [0.717, 1.165) is 11.8 Å². The van der Waals surface area contributed by atoms with Crippen molar-refractivity contribution in [3.05, 3.63) is 166 Å². The van der Waals surface area contributed by atoms with E-state index in [9.17, 15) is 19.5 Å². The van der Waals surface area contributed by atoms with Gasteiger partial charge in [-0.25, -0.2) is 14.8 Å². The Kier molecular flexibility index (Phi) is 9.68. The monoisotopic (exact) mass is 728 g/mol. The number of pyridine rings is 1. The summed E-state index contributed by atoms with van der Waals surface area (Å²) in [5, 5.41) is 13.7. The van der Waals surface area contributed by atoms with Crippen LogP contribution in [0.2, 0.25) is 10.0 Å². The number of hydrogen-bond donors (Lipinski definition) is 2. The molecule has 0 radical (unpaired) electrons. The summed E-state index contributed by atoms with van der Waals surface area (Å²) in [4.78, 5) is 50.8. The molecule has 0 aliphatic carbocycles. The molecule has 1 aliphatic heterocycles. The average molecular weight is 730 g/mol. The number of carboxylic acids is 1. The number of thioether (sulfide) groups is 1. The van der Waals surface area contributed by atoms with Crippen molar-refractivity contribution >= 4 is 86.3 Å². The van der Waals surface area contributed by atoms with Crippen LogP contribution in [0, 0.1) is 0 Å². The van der Waals surface area contributed by atoms with Gasteiger partial charge in [0.05, 0.1) is 22.5 Å². The van der Waals surface area contributed by atoms with E-state index in [1.807, 2.05) is 54.6 Å². The Morgan fingerprint density at radius 1 is 0.824 bits per heavy atom. The second-order valence-corrected chi connectivity index (χ2v) is 13.3. The number of carbonyl (C=O) groups excluding carboxylic acids is 2. The molecule has 0 bridgehead atoms. The van der Waals surface area contributed by atoms with E-state index in [4.69, 9.17) is 28.2 Å². The lowest BCUT2D eigenvalue weighted by Crippen LogP contribution is -2.32. The molecular formula is C40H26Cl2N4O4S. The first-order chi connectivity index (χ1) is 24.7. The van der Waals surface area contributed by atoms with Crippen LogP contribution in [0.4, 0.5) is 11.4 Å². The number of amidine groups is 1. The number of amides is 2. The molecule has 2 N–H and O–H groups in total. The van der Waals surface area contributed by atoms with Crippen LogP contribution in [0.25, 0.3) is 28.2 Å². The maximum absolute atomic E-state index is 14.1. The topological polar surface area (TPSA) is 112 Å². The number of para-hydroxylation sites is 2. The maximum Gasteiger partial charge on any atom is 0.336 e. The molecule has 5 aromatic carbocycles. The summed E-state index contributed by atoms with van der Waals surface area (Å²) in [6, 6.07) is 39.0. The van der Waals surface area contributed by atoms with E-state index in [1.54, 1.807) is 84.9 Å². The van der Waals surface area contributed by atoms with E-state index < -0.39 is 11.2 Å². The average Bonchev–Trinajstić information content (AvgIpc) is 3.45. The van der Waals surface area contributed by atoms with Gasteiger partial charge < -0.3 is 10.4 Å². The normalized spacial score (nSPS) is 14.1. The third kappa shape index (κ3) is 7.27. The second kappa shape index (κ2) is 14.6. The molecule has 51 heavy (non-hydrogen) atoms. The number of hydrogen-bond acceptors (Lipinski definition) is 6. The highest BCUT2D eigenvalue weighted by Crippen LogP contribution is 2.38. The first-order valence-corrected chi connectivity index (χ1v) is 17.3. The minimum atomic E-state index is -1.04. The fourth-order valence-electron chi connectivity index (χ4n) is 5.58. The van der Waals surface area contributed by atoms with Gasteiger partial charge in [-0.2, -0.15) is 0 Å². The van der Waals surface area contributed by atoms with Crippen molar-refractivity contribution in [3.63, 3.8) is 0 Å². The molecule has 250 valence electrons. The number of aliphatic imine (C=N–C) groups is 1. The van der Waals surface area contributed by atoms with E-state index in [2.05, 4.69) is 10.3 Å². The second-order valence-electron chi connectivity index (χ2n) is 11.4. The quantitative estimate of drug-likeness (QED) is 0.151. The number of fused-ring (bicyclic) bond motifs is 1. The third-order valence-electron chi connectivity index (χ3n) is 8.06. The summed E-state index contributed by atoms with van der Waals surface area (Å²) < 4.78 is 0. The third-order valence-corrected chi connectivity index (χ3v) is 9.83. The molecule has 0 saturated heterocycles. The number of carbonyl (C=O) groups is 3. The van der Waals surface area contributed by atoms with Gasteiger partial charge in [-0.15, -0.1) is 0 Å². The largest absolute Gasteiger partial charge is 0.478 e. The van der Waals surface area contributed by atoms with Crippen LogP contribution < -0.4 is 10.2 Å². The smallest absolute Gasteiger partial charge is 0.336 e. The van der Waals surface area contributed by atoms with Crippen LogP contribution in [0.15, 0.2) is 144 Å². The molecule has 11 heteroatoms. The first-order valence-electron chi connectivity index (χ1n) is 15.7. The molecule has 8 nitrogen and oxygen atoms in total. The number of benzene rings is 5. The highest BCUT2D eigenvalue weighted by molar-refractivity contribution is 8.15. The number of nitrogens with zero attached hydrogens (tertiary/aromatic N) is 3. The molecule has 7 rings (SSSR count). The van der Waals surface area contributed by atoms with Crippen LogP contribution in [-0.2, 0) is 9.59 Å². The minimum Gasteiger partial charge on any atom is -0.478 e. The van der Waals surface area contributed by atoms with Crippen LogP contribution >= 0.6 is 35.0 Å². The van der Waals surface area contributed by atoms with Crippen LogP contribution in [0.3, 0.4) is 0 Å². The molecule has 2 heterocycles. The van der Waals surface area contributed by atoms with Gasteiger partial charge in [0.2, 0.25) is 5.91 Å².